The Labute approximate surface area is 242 Å². The molecule has 2 aromatic rings. The molecule has 210 valence electrons. The molecular formula is C27H35ClN6O3S2. The second-order valence-corrected chi connectivity index (χ2v) is 14.9. The van der Waals surface area contributed by atoms with E-state index in [1.54, 1.807) is 10.9 Å². The SMILES string of the molecule is C[C@@H]1OCC2(CCN(C3=NC=C(Sc4ccc5nn(C)cc5c4Cl)C(=C=O)N3C)CC2)[C@@H]1N[S+]([O-])C(C)(C)C. The Bertz CT molecular complexity index is 1370. The van der Waals surface area contributed by atoms with Crippen LogP contribution in [-0.2, 0) is 27.9 Å². The maximum absolute atomic E-state index is 12.9. The zero-order chi connectivity index (χ0) is 28.1. The Morgan fingerprint density at radius 3 is 2.67 bits per heavy atom. The quantitative estimate of drug-likeness (QED) is 0.420. The predicted molar refractivity (Wildman–Crippen MR) is 158 cm³/mol. The number of nitrogens with one attached hydrogen (secondary N) is 1. The summed E-state index contributed by atoms with van der Waals surface area (Å²) < 4.78 is 23.8. The summed E-state index contributed by atoms with van der Waals surface area (Å²) in [7, 11) is 3.71. The summed E-state index contributed by atoms with van der Waals surface area (Å²) in [5.41, 5.74) is 1.15. The molecular weight excluding hydrogens is 556 g/mol. The monoisotopic (exact) mass is 590 g/mol. The molecule has 3 aliphatic heterocycles. The number of aromatic nitrogens is 2. The first kappa shape index (κ1) is 28.5. The summed E-state index contributed by atoms with van der Waals surface area (Å²) in [5.74, 6) is 2.84. The zero-order valence-electron chi connectivity index (χ0n) is 23.2. The Hall–Kier alpha value is -1.98. The average Bonchev–Trinajstić information content (AvgIpc) is 3.41. The fraction of sp³-hybridized carbons (Fsp3) is 0.556. The van der Waals surface area contributed by atoms with Crippen LogP contribution in [0.4, 0.5) is 0 Å². The van der Waals surface area contributed by atoms with Gasteiger partial charge in [0.15, 0.2) is 5.94 Å². The number of nitrogens with zero attached hydrogens (tertiary/aromatic N) is 5. The van der Waals surface area contributed by atoms with Gasteiger partial charge in [0, 0.05) is 66.6 Å². The van der Waals surface area contributed by atoms with Gasteiger partial charge in [0.25, 0.3) is 0 Å². The molecule has 1 aromatic heterocycles. The van der Waals surface area contributed by atoms with Crippen molar-refractivity contribution in [2.24, 2.45) is 17.5 Å². The van der Waals surface area contributed by atoms with Gasteiger partial charge in [0.1, 0.15) is 10.4 Å². The molecule has 3 atom stereocenters. The van der Waals surface area contributed by atoms with E-state index in [0.717, 1.165) is 47.7 Å². The number of likely N-dealkylation sites (tertiary alicyclic amines) is 1. The number of benzene rings is 1. The third-order valence-electron chi connectivity index (χ3n) is 7.78. The molecule has 12 heteroatoms. The highest BCUT2D eigenvalue weighted by atomic mass is 35.5. The Kier molecular flexibility index (Phi) is 7.89. The van der Waals surface area contributed by atoms with Gasteiger partial charge in [-0.15, -0.1) is 4.72 Å². The van der Waals surface area contributed by atoms with Gasteiger partial charge in [-0.3, -0.25) is 4.68 Å². The van der Waals surface area contributed by atoms with Gasteiger partial charge in [-0.25, -0.2) is 9.79 Å². The van der Waals surface area contributed by atoms with Gasteiger partial charge in [-0.1, -0.05) is 23.4 Å². The molecule has 0 bridgehead atoms. The van der Waals surface area contributed by atoms with Crippen molar-refractivity contribution in [3.8, 4) is 0 Å². The van der Waals surface area contributed by atoms with E-state index in [4.69, 9.17) is 21.3 Å². The minimum atomic E-state index is -1.18. The van der Waals surface area contributed by atoms with Crippen LogP contribution in [0.25, 0.3) is 10.9 Å². The highest BCUT2D eigenvalue weighted by molar-refractivity contribution is 8.03. The van der Waals surface area contributed by atoms with Gasteiger partial charge in [0.2, 0.25) is 5.96 Å². The van der Waals surface area contributed by atoms with E-state index < -0.39 is 11.4 Å². The minimum absolute atomic E-state index is 0.0117. The maximum Gasteiger partial charge on any atom is 0.206 e. The summed E-state index contributed by atoms with van der Waals surface area (Å²) in [6.45, 7) is 10.1. The zero-order valence-corrected chi connectivity index (χ0v) is 25.5. The number of guanidine groups is 1. The third kappa shape index (κ3) is 5.38. The fourth-order valence-electron chi connectivity index (χ4n) is 5.47. The van der Waals surface area contributed by atoms with E-state index in [0.29, 0.717) is 22.2 Å². The normalized spacial score (nSPS) is 24.3. The summed E-state index contributed by atoms with van der Waals surface area (Å²) in [6, 6.07) is 3.85. The first-order valence-corrected chi connectivity index (χ1v) is 15.4. The van der Waals surface area contributed by atoms with Gasteiger partial charge in [-0.2, -0.15) is 5.10 Å². The second-order valence-electron chi connectivity index (χ2n) is 11.5. The molecule has 1 aromatic carbocycles. The van der Waals surface area contributed by atoms with Crippen molar-refractivity contribution in [3.63, 3.8) is 0 Å². The van der Waals surface area contributed by atoms with Gasteiger partial charge in [0.05, 0.1) is 34.2 Å². The Morgan fingerprint density at radius 1 is 1.28 bits per heavy atom. The largest absolute Gasteiger partial charge is 0.598 e. The molecule has 4 heterocycles. The lowest BCUT2D eigenvalue weighted by molar-refractivity contribution is 0.0820. The number of rotatable bonds is 4. The summed E-state index contributed by atoms with van der Waals surface area (Å²) >= 11 is 6.91. The topological polar surface area (TPSA) is 98.0 Å². The number of aliphatic imine (C=N–C) groups is 1. The van der Waals surface area contributed by atoms with Crippen molar-refractivity contribution in [2.75, 3.05) is 26.7 Å². The molecule has 0 amide bonds. The number of piperidine rings is 1. The molecule has 1 N–H and O–H groups in total. The van der Waals surface area contributed by atoms with Gasteiger partial charge >= 0.3 is 0 Å². The van der Waals surface area contributed by atoms with E-state index >= 15 is 0 Å². The lowest BCUT2D eigenvalue weighted by Crippen LogP contribution is -2.58. The highest BCUT2D eigenvalue weighted by Gasteiger charge is 2.52. The number of fused-ring (bicyclic) bond motifs is 1. The molecule has 9 nitrogen and oxygen atoms in total. The van der Waals surface area contributed by atoms with Crippen LogP contribution in [0.15, 0.2) is 45.0 Å². The van der Waals surface area contributed by atoms with Crippen molar-refractivity contribution in [3.05, 3.63) is 40.2 Å². The van der Waals surface area contributed by atoms with Crippen molar-refractivity contribution < 1.29 is 14.1 Å². The summed E-state index contributed by atoms with van der Waals surface area (Å²) in [5, 5.41) is 5.86. The molecule has 0 radical (unpaired) electrons. The Balaban J connectivity index is 1.32. The number of likely N-dealkylation sites (N-methyl/N-ethyl adjacent to an activating group) is 1. The number of hydrogen-bond acceptors (Lipinski definition) is 9. The van der Waals surface area contributed by atoms with E-state index in [-0.39, 0.29) is 22.3 Å². The van der Waals surface area contributed by atoms with Crippen LogP contribution in [0.3, 0.4) is 0 Å². The van der Waals surface area contributed by atoms with Crippen molar-refractivity contribution in [1.82, 2.24) is 24.3 Å². The number of hydrogen-bond donors (Lipinski definition) is 1. The van der Waals surface area contributed by atoms with Crippen LogP contribution in [0.2, 0.25) is 5.02 Å². The molecule has 2 saturated heterocycles. The van der Waals surface area contributed by atoms with Gasteiger partial charge in [-0.05, 0) is 52.7 Å². The molecule has 3 aliphatic rings. The number of aryl methyl sites for hydroxylation is 1. The van der Waals surface area contributed by atoms with Crippen LogP contribution in [0.5, 0.6) is 0 Å². The number of thioether (sulfide) groups is 1. The Morgan fingerprint density at radius 2 is 2.00 bits per heavy atom. The highest BCUT2D eigenvalue weighted by Crippen LogP contribution is 2.44. The smallest absolute Gasteiger partial charge is 0.206 e. The first-order chi connectivity index (χ1) is 18.4. The van der Waals surface area contributed by atoms with Crippen molar-refractivity contribution in [1.29, 1.82) is 0 Å². The lowest BCUT2D eigenvalue weighted by Gasteiger charge is -2.45. The predicted octanol–water partition coefficient (Wildman–Crippen LogP) is 4.10. The minimum Gasteiger partial charge on any atom is -0.598 e. The summed E-state index contributed by atoms with van der Waals surface area (Å²) in [6.07, 6.45) is 5.34. The van der Waals surface area contributed by atoms with Crippen LogP contribution in [0, 0.1) is 5.41 Å². The molecule has 1 unspecified atom stereocenters. The molecule has 2 fully saturated rings. The third-order valence-corrected chi connectivity index (χ3v) is 11.0. The number of carbonyl (C=O) groups excluding carboxylic acids is 1. The maximum atomic E-state index is 12.9. The standard InChI is InChI=1S/C27H35ClN6O3S2/c1-17-24(31-39(36)26(2,3)4)27(16-37-17)9-11-34(12-10-27)25-29-13-22(20(15-35)33(25)6)38-21-8-7-19-18(23(21)28)14-32(5)30-19/h7-8,13-14,17,24,31H,9-12,16H2,1-6H3/t17-,24+,39?/m0/s1. The molecule has 0 aliphatic carbocycles. The molecule has 39 heavy (non-hydrogen) atoms. The van der Waals surface area contributed by atoms with Crippen LogP contribution < -0.4 is 4.72 Å². The van der Waals surface area contributed by atoms with Crippen molar-refractivity contribution in [2.45, 2.75) is 62.3 Å². The number of halogens is 1. The van der Waals surface area contributed by atoms with Crippen LogP contribution in [0.1, 0.15) is 40.5 Å². The molecule has 1 spiro atoms. The molecule has 5 rings (SSSR count). The summed E-state index contributed by atoms with van der Waals surface area (Å²) in [4.78, 5) is 22.4. The van der Waals surface area contributed by atoms with Crippen molar-refractivity contribution >= 4 is 57.5 Å². The first-order valence-electron chi connectivity index (χ1n) is 13.0. The van der Waals surface area contributed by atoms with Crippen LogP contribution in [-0.4, -0.2) is 79.7 Å². The van der Waals surface area contributed by atoms with Crippen LogP contribution >= 0.6 is 23.4 Å². The number of ether oxygens (including phenoxy) is 1. The average molecular weight is 591 g/mol. The van der Waals surface area contributed by atoms with E-state index in [1.165, 1.54) is 11.8 Å². The van der Waals surface area contributed by atoms with Gasteiger partial charge < -0.3 is 19.1 Å². The van der Waals surface area contributed by atoms with E-state index in [2.05, 4.69) is 27.6 Å². The lowest BCUT2D eigenvalue weighted by atomic mass is 9.73. The van der Waals surface area contributed by atoms with E-state index in [9.17, 15) is 9.35 Å². The van der Waals surface area contributed by atoms with E-state index in [1.807, 2.05) is 58.1 Å². The fourth-order valence-corrected chi connectivity index (χ4v) is 7.78. The molecule has 0 saturated carbocycles. The second kappa shape index (κ2) is 10.8.